The van der Waals surface area contributed by atoms with Gasteiger partial charge in [0.25, 0.3) is 5.91 Å². The molecule has 1 aromatic carbocycles. The van der Waals surface area contributed by atoms with Gasteiger partial charge in [-0.25, -0.2) is 9.69 Å². The van der Waals surface area contributed by atoms with Gasteiger partial charge in [0, 0.05) is 5.56 Å². The van der Waals surface area contributed by atoms with Gasteiger partial charge in [0.2, 0.25) is 0 Å². The molecule has 2 amide bonds. The third kappa shape index (κ3) is 4.15. The summed E-state index contributed by atoms with van der Waals surface area (Å²) in [5.74, 6) is -0.0236. The Labute approximate surface area is 180 Å². The van der Waals surface area contributed by atoms with Crippen molar-refractivity contribution in [2.45, 2.75) is 91.6 Å². The van der Waals surface area contributed by atoms with Crippen molar-refractivity contribution < 1.29 is 23.6 Å². The number of ether oxygens (including phenoxy) is 1. The van der Waals surface area contributed by atoms with Crippen LogP contribution < -0.4 is 5.46 Å². The molecule has 0 aliphatic carbocycles. The van der Waals surface area contributed by atoms with Gasteiger partial charge in [-0.1, -0.05) is 26.0 Å². The molecule has 0 bridgehead atoms. The zero-order valence-electron chi connectivity index (χ0n) is 19.7. The van der Waals surface area contributed by atoms with Crippen molar-refractivity contribution >= 4 is 24.6 Å². The molecule has 2 aliphatic heterocycles. The minimum Gasteiger partial charge on any atom is -0.443 e. The fourth-order valence-electron chi connectivity index (χ4n) is 3.79. The van der Waals surface area contributed by atoms with Crippen molar-refractivity contribution in [3.8, 4) is 0 Å². The summed E-state index contributed by atoms with van der Waals surface area (Å²) in [6.45, 7) is 17.6. The third-order valence-electron chi connectivity index (χ3n) is 6.01. The number of hydrogen-bond donors (Lipinski definition) is 0. The molecule has 0 saturated carbocycles. The fraction of sp³-hybridized carbons (Fsp3) is 0.652. The van der Waals surface area contributed by atoms with Crippen LogP contribution in [0.1, 0.15) is 90.7 Å². The molecule has 3 rings (SSSR count). The number of amides is 2. The van der Waals surface area contributed by atoms with Gasteiger partial charge in [-0.3, -0.25) is 4.79 Å². The first-order valence-corrected chi connectivity index (χ1v) is 10.7. The van der Waals surface area contributed by atoms with Crippen LogP contribution in [0.2, 0.25) is 0 Å². The van der Waals surface area contributed by atoms with E-state index >= 15 is 0 Å². The number of hydrogen-bond acceptors (Lipinski definition) is 5. The number of benzene rings is 1. The van der Waals surface area contributed by atoms with E-state index < -0.39 is 30.0 Å². The molecule has 0 spiro atoms. The SMILES string of the molecule is CC(C)CC1c2cc(B3OC(C)(C)C(C)(C)O3)ccc2C(=O)N1C(=O)OC(C)(C)C. The van der Waals surface area contributed by atoms with Gasteiger partial charge in [0.05, 0.1) is 17.2 Å². The zero-order chi connectivity index (χ0) is 22.6. The van der Waals surface area contributed by atoms with Gasteiger partial charge in [-0.05, 0) is 77.9 Å². The highest BCUT2D eigenvalue weighted by Crippen LogP contribution is 2.40. The number of carbonyl (C=O) groups is 2. The number of nitrogens with zero attached hydrogens (tertiary/aromatic N) is 1. The normalized spacial score (nSPS) is 22.6. The van der Waals surface area contributed by atoms with E-state index in [-0.39, 0.29) is 11.9 Å². The Morgan fingerprint density at radius 3 is 2.23 bits per heavy atom. The summed E-state index contributed by atoms with van der Waals surface area (Å²) in [6, 6.07) is 5.21. The van der Waals surface area contributed by atoms with E-state index in [9.17, 15) is 9.59 Å². The molecule has 7 heteroatoms. The van der Waals surface area contributed by atoms with Crippen molar-refractivity contribution in [3.63, 3.8) is 0 Å². The maximum atomic E-state index is 13.1. The lowest BCUT2D eigenvalue weighted by Gasteiger charge is -2.32. The maximum absolute atomic E-state index is 13.1. The number of rotatable bonds is 3. The summed E-state index contributed by atoms with van der Waals surface area (Å²) in [7, 11) is -0.523. The van der Waals surface area contributed by atoms with Crippen LogP contribution in [-0.2, 0) is 14.0 Å². The van der Waals surface area contributed by atoms with Crippen molar-refractivity contribution in [3.05, 3.63) is 29.3 Å². The average molecular weight is 415 g/mol. The lowest BCUT2D eigenvalue weighted by Crippen LogP contribution is -2.41. The van der Waals surface area contributed by atoms with E-state index in [2.05, 4.69) is 13.8 Å². The van der Waals surface area contributed by atoms with Crippen LogP contribution in [0.3, 0.4) is 0 Å². The van der Waals surface area contributed by atoms with Crippen molar-refractivity contribution in [1.29, 1.82) is 0 Å². The van der Waals surface area contributed by atoms with Gasteiger partial charge in [-0.2, -0.15) is 0 Å². The Hall–Kier alpha value is -1.86. The summed E-state index contributed by atoms with van der Waals surface area (Å²) in [4.78, 5) is 27.3. The van der Waals surface area contributed by atoms with Crippen LogP contribution >= 0.6 is 0 Å². The minimum absolute atomic E-state index is 0.291. The molecule has 1 aromatic rings. The molecule has 1 atom stereocenters. The lowest BCUT2D eigenvalue weighted by atomic mass is 9.77. The maximum Gasteiger partial charge on any atom is 0.494 e. The highest BCUT2D eigenvalue weighted by atomic mass is 16.7. The Morgan fingerprint density at radius 2 is 1.73 bits per heavy atom. The third-order valence-corrected chi connectivity index (χ3v) is 6.01. The molecule has 0 N–H and O–H groups in total. The van der Waals surface area contributed by atoms with Crippen LogP contribution in [0.4, 0.5) is 4.79 Å². The zero-order valence-corrected chi connectivity index (χ0v) is 19.7. The van der Waals surface area contributed by atoms with E-state index in [1.54, 1.807) is 26.8 Å². The topological polar surface area (TPSA) is 65.1 Å². The van der Waals surface area contributed by atoms with Crippen molar-refractivity contribution in [2.24, 2.45) is 5.92 Å². The number of imide groups is 1. The van der Waals surface area contributed by atoms with E-state index in [1.165, 1.54) is 4.90 Å². The standard InChI is InChI=1S/C23H34BNO5/c1-14(2)12-18-17-13-15(24-29-22(6,7)23(8,9)30-24)10-11-16(17)19(26)25(18)20(27)28-21(3,4)5/h10-11,13-14,18H,12H2,1-9H3. The van der Waals surface area contributed by atoms with Crippen LogP contribution in [0, 0.1) is 5.92 Å². The molecule has 2 heterocycles. The number of fused-ring (bicyclic) bond motifs is 1. The van der Waals surface area contributed by atoms with E-state index in [0.29, 0.717) is 17.9 Å². The van der Waals surface area contributed by atoms with Gasteiger partial charge in [-0.15, -0.1) is 0 Å². The second kappa shape index (κ2) is 7.38. The predicted octanol–water partition coefficient (Wildman–Crippen LogP) is 4.46. The predicted molar refractivity (Wildman–Crippen MR) is 117 cm³/mol. The Balaban J connectivity index is 1.97. The number of carbonyl (C=O) groups excluding carboxylic acids is 2. The summed E-state index contributed by atoms with van der Waals surface area (Å²) < 4.78 is 17.9. The first kappa shape index (κ1) is 22.8. The molecule has 6 nitrogen and oxygen atoms in total. The second-order valence-electron chi connectivity index (χ2n) is 10.7. The highest BCUT2D eigenvalue weighted by Gasteiger charge is 2.52. The first-order chi connectivity index (χ1) is 13.6. The van der Waals surface area contributed by atoms with Crippen LogP contribution in [0.15, 0.2) is 18.2 Å². The molecule has 2 aliphatic rings. The Morgan fingerprint density at radius 1 is 1.17 bits per heavy atom. The molecule has 1 fully saturated rings. The fourth-order valence-corrected chi connectivity index (χ4v) is 3.79. The summed E-state index contributed by atoms with van der Waals surface area (Å²) in [5.41, 5.74) is 0.625. The molecule has 0 aromatic heterocycles. The quantitative estimate of drug-likeness (QED) is 0.682. The smallest absolute Gasteiger partial charge is 0.443 e. The Kier molecular flexibility index (Phi) is 5.61. The van der Waals surface area contributed by atoms with E-state index in [1.807, 2.05) is 39.8 Å². The first-order valence-electron chi connectivity index (χ1n) is 10.7. The van der Waals surface area contributed by atoms with Crippen LogP contribution in [0.25, 0.3) is 0 Å². The van der Waals surface area contributed by atoms with Gasteiger partial charge in [0.1, 0.15) is 5.60 Å². The molecular weight excluding hydrogens is 381 g/mol. The van der Waals surface area contributed by atoms with E-state index in [4.69, 9.17) is 14.0 Å². The van der Waals surface area contributed by atoms with Crippen molar-refractivity contribution in [1.82, 2.24) is 4.90 Å². The summed E-state index contributed by atoms with van der Waals surface area (Å²) in [6.07, 6.45) is 0.0525. The van der Waals surface area contributed by atoms with Gasteiger partial charge < -0.3 is 14.0 Å². The molecular formula is C23H34BNO5. The summed E-state index contributed by atoms with van der Waals surface area (Å²) >= 11 is 0. The lowest BCUT2D eigenvalue weighted by molar-refractivity contribution is 0.00578. The average Bonchev–Trinajstić information content (AvgIpc) is 2.95. The summed E-state index contributed by atoms with van der Waals surface area (Å²) in [5, 5.41) is 0. The minimum atomic E-state index is -0.678. The molecule has 1 unspecified atom stereocenters. The second-order valence-corrected chi connectivity index (χ2v) is 10.7. The van der Waals surface area contributed by atoms with Crippen molar-refractivity contribution in [2.75, 3.05) is 0 Å². The molecule has 1 saturated heterocycles. The largest absolute Gasteiger partial charge is 0.494 e. The van der Waals surface area contributed by atoms with Crippen LogP contribution in [-0.4, -0.2) is 40.8 Å². The highest BCUT2D eigenvalue weighted by molar-refractivity contribution is 6.62. The Bertz CT molecular complexity index is 840. The van der Waals surface area contributed by atoms with E-state index in [0.717, 1.165) is 11.0 Å². The van der Waals surface area contributed by atoms with Gasteiger partial charge in [0.15, 0.2) is 0 Å². The van der Waals surface area contributed by atoms with Crippen LogP contribution in [0.5, 0.6) is 0 Å². The molecule has 164 valence electrons. The van der Waals surface area contributed by atoms with Gasteiger partial charge >= 0.3 is 13.2 Å². The molecule has 30 heavy (non-hydrogen) atoms. The molecule has 0 radical (unpaired) electrons. The monoisotopic (exact) mass is 415 g/mol.